The average Bonchev–Trinajstić information content (AvgIpc) is 3.10. The number of amides is 1. The minimum Gasteiger partial charge on any atom is -0.356 e. The summed E-state index contributed by atoms with van der Waals surface area (Å²) in [6.07, 6.45) is 11.2. The number of nitrogens with zero attached hydrogens (tertiary/aromatic N) is 2. The van der Waals surface area contributed by atoms with Crippen molar-refractivity contribution in [3.05, 3.63) is 0 Å². The minimum absolute atomic E-state index is 0.269. The van der Waals surface area contributed by atoms with Gasteiger partial charge >= 0.3 is 0 Å². The van der Waals surface area contributed by atoms with Crippen LogP contribution in [0.15, 0.2) is 4.99 Å². The third kappa shape index (κ3) is 6.70. The summed E-state index contributed by atoms with van der Waals surface area (Å²) < 4.78 is 0. The molecule has 1 heterocycles. The zero-order valence-electron chi connectivity index (χ0n) is 15.6. The summed E-state index contributed by atoms with van der Waals surface area (Å²) in [6, 6.07) is 0. The standard InChI is InChI=1S/C19H36N4O/c1-16-7-6-14-23(15-16)18(24)11-13-22-19(20-2)21-12-5-10-17-8-3-4-9-17/h16-17H,3-15H2,1-2H3,(H2,20,21,22). The monoisotopic (exact) mass is 336 g/mol. The fourth-order valence-corrected chi connectivity index (χ4v) is 3.98. The van der Waals surface area contributed by atoms with E-state index in [0.717, 1.165) is 37.9 Å². The van der Waals surface area contributed by atoms with Gasteiger partial charge in [-0.3, -0.25) is 9.79 Å². The summed E-state index contributed by atoms with van der Waals surface area (Å²) in [5.41, 5.74) is 0. The Balaban J connectivity index is 1.54. The van der Waals surface area contributed by atoms with Gasteiger partial charge in [-0.05, 0) is 37.5 Å². The number of rotatable bonds is 7. The molecule has 0 aromatic carbocycles. The van der Waals surface area contributed by atoms with Crippen LogP contribution in [0.4, 0.5) is 0 Å². The summed E-state index contributed by atoms with van der Waals surface area (Å²) in [5, 5.41) is 6.64. The number of nitrogens with one attached hydrogen (secondary N) is 2. The molecule has 1 aliphatic heterocycles. The zero-order valence-corrected chi connectivity index (χ0v) is 15.6. The molecule has 2 fully saturated rings. The Morgan fingerprint density at radius 1 is 1.12 bits per heavy atom. The van der Waals surface area contributed by atoms with Crippen molar-refractivity contribution < 1.29 is 4.79 Å². The molecule has 5 heteroatoms. The van der Waals surface area contributed by atoms with Crippen molar-refractivity contribution in [3.63, 3.8) is 0 Å². The first-order valence-corrected chi connectivity index (χ1v) is 9.91. The molecule has 1 atom stereocenters. The largest absolute Gasteiger partial charge is 0.356 e. The lowest BCUT2D eigenvalue weighted by Crippen LogP contribution is -2.42. The Kier molecular flexibility index (Phi) is 8.40. The van der Waals surface area contributed by atoms with Crippen molar-refractivity contribution in [2.45, 2.75) is 64.7 Å². The van der Waals surface area contributed by atoms with Crippen LogP contribution in [0.2, 0.25) is 0 Å². The van der Waals surface area contributed by atoms with E-state index in [1.807, 2.05) is 4.90 Å². The van der Waals surface area contributed by atoms with E-state index in [-0.39, 0.29) is 5.91 Å². The summed E-state index contributed by atoms with van der Waals surface area (Å²) in [7, 11) is 1.79. The molecule has 1 aliphatic carbocycles. The van der Waals surface area contributed by atoms with Gasteiger partial charge in [0, 0.05) is 39.6 Å². The van der Waals surface area contributed by atoms with Crippen LogP contribution >= 0.6 is 0 Å². The maximum Gasteiger partial charge on any atom is 0.224 e. The van der Waals surface area contributed by atoms with E-state index in [2.05, 4.69) is 22.5 Å². The van der Waals surface area contributed by atoms with E-state index < -0.39 is 0 Å². The molecule has 1 amide bonds. The maximum absolute atomic E-state index is 12.2. The van der Waals surface area contributed by atoms with Crippen molar-refractivity contribution in [1.29, 1.82) is 0 Å². The molecule has 1 saturated carbocycles. The highest BCUT2D eigenvalue weighted by Gasteiger charge is 2.20. The molecule has 2 aliphatic rings. The molecule has 0 aromatic rings. The molecule has 2 rings (SSSR count). The lowest BCUT2D eigenvalue weighted by Gasteiger charge is -2.31. The average molecular weight is 337 g/mol. The van der Waals surface area contributed by atoms with Crippen LogP contribution in [0, 0.1) is 11.8 Å². The molecule has 1 saturated heterocycles. The van der Waals surface area contributed by atoms with Crippen LogP contribution in [0.25, 0.3) is 0 Å². The number of hydrogen-bond donors (Lipinski definition) is 2. The lowest BCUT2D eigenvalue weighted by atomic mass is 10.00. The van der Waals surface area contributed by atoms with Gasteiger partial charge in [0.15, 0.2) is 5.96 Å². The highest BCUT2D eigenvalue weighted by Crippen LogP contribution is 2.28. The first-order chi connectivity index (χ1) is 11.7. The van der Waals surface area contributed by atoms with Crippen molar-refractivity contribution in [2.75, 3.05) is 33.2 Å². The molecule has 0 spiro atoms. The number of guanidine groups is 1. The van der Waals surface area contributed by atoms with E-state index >= 15 is 0 Å². The molecular formula is C19H36N4O. The zero-order chi connectivity index (χ0) is 17.2. The van der Waals surface area contributed by atoms with Gasteiger partial charge < -0.3 is 15.5 Å². The number of carbonyl (C=O) groups is 1. The second-order valence-corrected chi connectivity index (χ2v) is 7.56. The van der Waals surface area contributed by atoms with Crippen molar-refractivity contribution in [1.82, 2.24) is 15.5 Å². The van der Waals surface area contributed by atoms with Crippen molar-refractivity contribution in [3.8, 4) is 0 Å². The van der Waals surface area contributed by atoms with Gasteiger partial charge in [-0.2, -0.15) is 0 Å². The van der Waals surface area contributed by atoms with E-state index in [9.17, 15) is 4.79 Å². The number of piperidine rings is 1. The smallest absolute Gasteiger partial charge is 0.224 e. The number of aliphatic imine (C=N–C) groups is 1. The summed E-state index contributed by atoms with van der Waals surface area (Å²) in [6.45, 7) is 5.71. The van der Waals surface area contributed by atoms with Gasteiger partial charge in [-0.1, -0.05) is 32.6 Å². The maximum atomic E-state index is 12.2. The number of likely N-dealkylation sites (tertiary alicyclic amines) is 1. The van der Waals surface area contributed by atoms with Crippen molar-refractivity contribution in [2.24, 2.45) is 16.8 Å². The SMILES string of the molecule is CN=C(NCCCC1CCCC1)NCCC(=O)N1CCCC(C)C1. The van der Waals surface area contributed by atoms with Crippen LogP contribution in [0.5, 0.6) is 0 Å². The van der Waals surface area contributed by atoms with Gasteiger partial charge in [0.2, 0.25) is 5.91 Å². The van der Waals surface area contributed by atoms with Crippen LogP contribution in [0.3, 0.4) is 0 Å². The second kappa shape index (κ2) is 10.6. The van der Waals surface area contributed by atoms with Gasteiger partial charge in [0.1, 0.15) is 0 Å². The molecule has 24 heavy (non-hydrogen) atoms. The van der Waals surface area contributed by atoms with Crippen molar-refractivity contribution >= 4 is 11.9 Å². The summed E-state index contributed by atoms with van der Waals surface area (Å²) in [5.74, 6) is 2.68. The normalized spacial score (nSPS) is 22.7. The van der Waals surface area contributed by atoms with E-state index in [1.165, 1.54) is 44.9 Å². The van der Waals surface area contributed by atoms with Crippen LogP contribution < -0.4 is 10.6 Å². The minimum atomic E-state index is 0.269. The predicted octanol–water partition coefficient (Wildman–Crippen LogP) is 2.77. The molecule has 1 unspecified atom stereocenters. The van der Waals surface area contributed by atoms with E-state index in [0.29, 0.717) is 18.9 Å². The molecule has 0 bridgehead atoms. The third-order valence-corrected chi connectivity index (χ3v) is 5.42. The topological polar surface area (TPSA) is 56.7 Å². The molecule has 138 valence electrons. The summed E-state index contributed by atoms with van der Waals surface area (Å²) in [4.78, 5) is 18.5. The quantitative estimate of drug-likeness (QED) is 0.427. The highest BCUT2D eigenvalue weighted by atomic mass is 16.2. The molecule has 2 N–H and O–H groups in total. The Hall–Kier alpha value is -1.26. The van der Waals surface area contributed by atoms with Crippen LogP contribution in [0.1, 0.15) is 64.7 Å². The van der Waals surface area contributed by atoms with Gasteiger partial charge in [0.25, 0.3) is 0 Å². The second-order valence-electron chi connectivity index (χ2n) is 7.56. The predicted molar refractivity (Wildman–Crippen MR) is 100 cm³/mol. The Morgan fingerprint density at radius 3 is 2.58 bits per heavy atom. The van der Waals surface area contributed by atoms with Gasteiger partial charge in [-0.25, -0.2) is 0 Å². The Bertz CT molecular complexity index is 404. The fraction of sp³-hybridized carbons (Fsp3) is 0.895. The Labute approximate surface area is 147 Å². The number of carbonyl (C=O) groups excluding carboxylic acids is 1. The highest BCUT2D eigenvalue weighted by molar-refractivity contribution is 5.81. The Morgan fingerprint density at radius 2 is 1.88 bits per heavy atom. The fourth-order valence-electron chi connectivity index (χ4n) is 3.98. The molecule has 5 nitrogen and oxygen atoms in total. The molecule has 0 radical (unpaired) electrons. The first-order valence-electron chi connectivity index (χ1n) is 9.91. The third-order valence-electron chi connectivity index (χ3n) is 5.42. The molecule has 0 aromatic heterocycles. The van der Waals surface area contributed by atoms with Gasteiger partial charge in [0.05, 0.1) is 0 Å². The van der Waals surface area contributed by atoms with Gasteiger partial charge in [-0.15, -0.1) is 0 Å². The molecular weight excluding hydrogens is 300 g/mol. The lowest BCUT2D eigenvalue weighted by molar-refractivity contribution is -0.132. The first kappa shape index (κ1) is 19.1. The summed E-state index contributed by atoms with van der Waals surface area (Å²) >= 11 is 0. The van der Waals surface area contributed by atoms with Crippen LogP contribution in [-0.2, 0) is 4.79 Å². The van der Waals surface area contributed by atoms with E-state index in [4.69, 9.17) is 0 Å². The van der Waals surface area contributed by atoms with E-state index in [1.54, 1.807) is 7.05 Å². The number of hydrogen-bond acceptors (Lipinski definition) is 2. The van der Waals surface area contributed by atoms with Crippen LogP contribution in [-0.4, -0.2) is 50.0 Å².